The lowest BCUT2D eigenvalue weighted by Crippen LogP contribution is -2.14. The second kappa shape index (κ2) is 6.13. The van der Waals surface area contributed by atoms with E-state index < -0.39 is 0 Å². The summed E-state index contributed by atoms with van der Waals surface area (Å²) < 4.78 is 0. The number of pyridine rings is 1. The van der Waals surface area contributed by atoms with Crippen LogP contribution in [0.3, 0.4) is 0 Å². The normalized spacial score (nSPS) is 11.9. The first-order valence-corrected chi connectivity index (χ1v) is 6.83. The molecule has 0 spiro atoms. The molecule has 1 unspecified atom stereocenters. The Bertz CT molecular complexity index is 698. The van der Waals surface area contributed by atoms with Crippen LogP contribution >= 0.6 is 0 Å². The van der Waals surface area contributed by atoms with Gasteiger partial charge < -0.3 is 5.32 Å². The summed E-state index contributed by atoms with van der Waals surface area (Å²) in [6, 6.07) is 14.3. The molecular weight excluding hydrogens is 260 g/mol. The van der Waals surface area contributed by atoms with Crippen molar-refractivity contribution in [1.29, 1.82) is 0 Å². The number of anilines is 1. The van der Waals surface area contributed by atoms with Gasteiger partial charge in [0.2, 0.25) is 0 Å². The van der Waals surface area contributed by atoms with E-state index in [9.17, 15) is 0 Å². The van der Waals surface area contributed by atoms with E-state index >= 15 is 0 Å². The minimum atomic E-state index is -0.0530. The Labute approximate surface area is 123 Å². The molecule has 0 aliphatic heterocycles. The predicted octanol–water partition coefficient (Wildman–Crippen LogP) is 3.38. The number of hydrogen-bond acceptors (Lipinski definition) is 4. The quantitative estimate of drug-likeness (QED) is 0.793. The number of aryl methyl sites for hydroxylation is 1. The number of benzene rings is 1. The molecule has 2 aromatic heterocycles. The van der Waals surface area contributed by atoms with Gasteiger partial charge in [-0.2, -0.15) is 0 Å². The molecule has 0 saturated heterocycles. The Hall–Kier alpha value is -2.75. The van der Waals surface area contributed by atoms with E-state index in [2.05, 4.69) is 51.5 Å². The lowest BCUT2D eigenvalue weighted by molar-refractivity contribution is 0.874. The SMILES string of the molecule is Cc1cccc(C(Nc2cnccn2)c2ccccn2)c1. The molecule has 104 valence electrons. The summed E-state index contributed by atoms with van der Waals surface area (Å²) in [6.07, 6.45) is 6.85. The molecule has 0 radical (unpaired) electrons. The smallest absolute Gasteiger partial charge is 0.145 e. The van der Waals surface area contributed by atoms with Crippen LogP contribution < -0.4 is 5.32 Å². The molecule has 4 heteroatoms. The van der Waals surface area contributed by atoms with Crippen LogP contribution in [0.15, 0.2) is 67.3 Å². The maximum atomic E-state index is 4.47. The Kier molecular flexibility index (Phi) is 3.87. The van der Waals surface area contributed by atoms with Crippen molar-refractivity contribution in [2.45, 2.75) is 13.0 Å². The maximum Gasteiger partial charge on any atom is 0.145 e. The highest BCUT2D eigenvalue weighted by atomic mass is 15.0. The van der Waals surface area contributed by atoms with Crippen LogP contribution in [0.25, 0.3) is 0 Å². The van der Waals surface area contributed by atoms with Gasteiger partial charge in [-0.1, -0.05) is 35.9 Å². The number of hydrogen-bond donors (Lipinski definition) is 1. The van der Waals surface area contributed by atoms with Crippen LogP contribution in [0.5, 0.6) is 0 Å². The van der Waals surface area contributed by atoms with Gasteiger partial charge >= 0.3 is 0 Å². The molecule has 1 atom stereocenters. The third-order valence-corrected chi connectivity index (χ3v) is 3.21. The van der Waals surface area contributed by atoms with E-state index in [4.69, 9.17) is 0 Å². The molecule has 0 aliphatic rings. The fourth-order valence-electron chi connectivity index (χ4n) is 2.25. The van der Waals surface area contributed by atoms with Crippen LogP contribution in [-0.2, 0) is 0 Å². The van der Waals surface area contributed by atoms with E-state index in [1.54, 1.807) is 24.8 Å². The number of rotatable bonds is 4. The van der Waals surface area contributed by atoms with Crippen molar-refractivity contribution < 1.29 is 0 Å². The van der Waals surface area contributed by atoms with Crippen LogP contribution in [0, 0.1) is 6.92 Å². The number of nitrogens with one attached hydrogen (secondary N) is 1. The monoisotopic (exact) mass is 276 g/mol. The molecule has 0 aliphatic carbocycles. The Balaban J connectivity index is 1.99. The zero-order valence-corrected chi connectivity index (χ0v) is 11.8. The molecule has 0 fully saturated rings. The summed E-state index contributed by atoms with van der Waals surface area (Å²) in [6.45, 7) is 2.08. The average molecular weight is 276 g/mol. The summed E-state index contributed by atoms with van der Waals surface area (Å²) in [7, 11) is 0. The number of aromatic nitrogens is 3. The molecule has 21 heavy (non-hydrogen) atoms. The van der Waals surface area contributed by atoms with Crippen LogP contribution in [0.1, 0.15) is 22.9 Å². The first-order chi connectivity index (χ1) is 10.3. The van der Waals surface area contributed by atoms with Gasteiger partial charge in [-0.05, 0) is 24.6 Å². The Morgan fingerprint density at radius 3 is 2.62 bits per heavy atom. The van der Waals surface area contributed by atoms with Crippen molar-refractivity contribution in [2.24, 2.45) is 0 Å². The lowest BCUT2D eigenvalue weighted by Gasteiger charge is -2.19. The van der Waals surface area contributed by atoms with Gasteiger partial charge in [0.1, 0.15) is 5.82 Å². The Morgan fingerprint density at radius 1 is 0.952 bits per heavy atom. The highest BCUT2D eigenvalue weighted by Gasteiger charge is 2.15. The summed E-state index contributed by atoms with van der Waals surface area (Å²) >= 11 is 0. The molecule has 3 rings (SSSR count). The zero-order chi connectivity index (χ0) is 14.5. The summed E-state index contributed by atoms with van der Waals surface area (Å²) in [4.78, 5) is 12.9. The molecule has 0 saturated carbocycles. The van der Waals surface area contributed by atoms with E-state index in [1.165, 1.54) is 5.56 Å². The van der Waals surface area contributed by atoms with Crippen LogP contribution in [0.4, 0.5) is 5.82 Å². The molecule has 0 bridgehead atoms. The van der Waals surface area contributed by atoms with Crippen molar-refractivity contribution in [3.8, 4) is 0 Å². The highest BCUT2D eigenvalue weighted by molar-refractivity contribution is 5.41. The second-order valence-electron chi connectivity index (χ2n) is 4.84. The molecule has 2 heterocycles. The van der Waals surface area contributed by atoms with E-state index in [0.29, 0.717) is 0 Å². The van der Waals surface area contributed by atoms with Gasteiger partial charge in [0.05, 0.1) is 17.9 Å². The van der Waals surface area contributed by atoms with E-state index in [-0.39, 0.29) is 6.04 Å². The van der Waals surface area contributed by atoms with Crippen molar-refractivity contribution in [3.05, 3.63) is 84.1 Å². The van der Waals surface area contributed by atoms with Crippen LogP contribution in [-0.4, -0.2) is 15.0 Å². The first-order valence-electron chi connectivity index (χ1n) is 6.83. The minimum absolute atomic E-state index is 0.0530. The van der Waals surface area contributed by atoms with Crippen molar-refractivity contribution in [2.75, 3.05) is 5.32 Å². The fraction of sp³-hybridized carbons (Fsp3) is 0.118. The van der Waals surface area contributed by atoms with Gasteiger partial charge in [-0.3, -0.25) is 9.97 Å². The van der Waals surface area contributed by atoms with E-state index in [0.717, 1.165) is 17.1 Å². The first kappa shape index (κ1) is 13.2. The molecule has 1 aromatic carbocycles. The van der Waals surface area contributed by atoms with Crippen molar-refractivity contribution in [3.63, 3.8) is 0 Å². The van der Waals surface area contributed by atoms with Gasteiger partial charge in [0, 0.05) is 18.6 Å². The average Bonchev–Trinajstić information content (AvgIpc) is 2.54. The molecular formula is C17H16N4. The molecule has 4 nitrogen and oxygen atoms in total. The summed E-state index contributed by atoms with van der Waals surface area (Å²) in [5, 5.41) is 3.40. The number of nitrogens with zero attached hydrogens (tertiary/aromatic N) is 3. The highest BCUT2D eigenvalue weighted by Crippen LogP contribution is 2.24. The van der Waals surface area contributed by atoms with Gasteiger partial charge in [-0.15, -0.1) is 0 Å². The maximum absolute atomic E-state index is 4.47. The summed E-state index contributed by atoms with van der Waals surface area (Å²) in [5.74, 6) is 0.731. The van der Waals surface area contributed by atoms with Gasteiger partial charge in [-0.25, -0.2) is 4.98 Å². The molecule has 3 aromatic rings. The third kappa shape index (κ3) is 3.23. The lowest BCUT2D eigenvalue weighted by atomic mass is 10.0. The largest absolute Gasteiger partial charge is 0.356 e. The summed E-state index contributed by atoms with van der Waals surface area (Å²) in [5.41, 5.74) is 3.32. The molecule has 0 amide bonds. The van der Waals surface area contributed by atoms with Gasteiger partial charge in [0.25, 0.3) is 0 Å². The minimum Gasteiger partial charge on any atom is -0.356 e. The molecule has 1 N–H and O–H groups in total. The van der Waals surface area contributed by atoms with Crippen molar-refractivity contribution in [1.82, 2.24) is 15.0 Å². The fourth-order valence-corrected chi connectivity index (χ4v) is 2.25. The van der Waals surface area contributed by atoms with Gasteiger partial charge in [0.15, 0.2) is 0 Å². The van der Waals surface area contributed by atoms with E-state index in [1.807, 2.05) is 18.2 Å². The van der Waals surface area contributed by atoms with Crippen molar-refractivity contribution >= 4 is 5.82 Å². The standard InChI is InChI=1S/C17H16N4/c1-13-5-4-6-14(11-13)17(15-7-2-3-8-19-15)21-16-12-18-9-10-20-16/h2-12,17H,1H3,(H,20,21). The topological polar surface area (TPSA) is 50.7 Å². The second-order valence-corrected chi connectivity index (χ2v) is 4.84. The predicted molar refractivity (Wildman–Crippen MR) is 82.9 cm³/mol. The van der Waals surface area contributed by atoms with Crippen LogP contribution in [0.2, 0.25) is 0 Å². The third-order valence-electron chi connectivity index (χ3n) is 3.21. The zero-order valence-electron chi connectivity index (χ0n) is 11.8. The Morgan fingerprint density at radius 2 is 1.90 bits per heavy atom.